The van der Waals surface area contributed by atoms with E-state index in [1.165, 1.54) is 5.41 Å². The van der Waals surface area contributed by atoms with Gasteiger partial charge in [0, 0.05) is 31.2 Å². The van der Waals surface area contributed by atoms with E-state index < -0.39 is 16.4 Å². The standard InChI is InChI=1S/C15H26N2O4S/c1-15(2,3)21-14(18)16-9-6-13(7-10-16)12-17-8-4-5-11-22(17,19)20/h4-5,8,11,13,19-20H,6-7,9-10,12H2,1-3H3. The highest BCUT2D eigenvalue weighted by Crippen LogP contribution is 2.47. The third-order valence-corrected chi connectivity index (χ3v) is 5.16. The molecule has 2 rings (SSSR count). The molecule has 0 atom stereocenters. The van der Waals surface area contributed by atoms with Crippen molar-refractivity contribution in [3.8, 4) is 0 Å². The lowest BCUT2D eigenvalue weighted by Gasteiger charge is -2.44. The third-order valence-electron chi connectivity index (χ3n) is 3.67. The van der Waals surface area contributed by atoms with Gasteiger partial charge in [0.2, 0.25) is 0 Å². The molecule has 0 aromatic carbocycles. The molecular weight excluding hydrogens is 304 g/mol. The zero-order valence-electron chi connectivity index (χ0n) is 13.4. The molecule has 0 aliphatic carbocycles. The van der Waals surface area contributed by atoms with Crippen LogP contribution in [0.2, 0.25) is 0 Å². The van der Waals surface area contributed by atoms with Crippen molar-refractivity contribution in [2.45, 2.75) is 39.2 Å². The Bertz CT molecular complexity index is 463. The van der Waals surface area contributed by atoms with Gasteiger partial charge in [-0.3, -0.25) is 13.4 Å². The molecule has 6 nitrogen and oxygen atoms in total. The highest BCUT2D eigenvalue weighted by molar-refractivity contribution is 8.24. The number of hydrogen-bond donors (Lipinski definition) is 2. The quantitative estimate of drug-likeness (QED) is 0.808. The molecule has 126 valence electrons. The first-order chi connectivity index (χ1) is 10.2. The number of rotatable bonds is 2. The van der Waals surface area contributed by atoms with E-state index >= 15 is 0 Å². The second kappa shape index (κ2) is 6.52. The summed E-state index contributed by atoms with van der Waals surface area (Å²) in [7, 11) is -2.82. The van der Waals surface area contributed by atoms with Crippen LogP contribution in [0.3, 0.4) is 0 Å². The highest BCUT2D eigenvalue weighted by Gasteiger charge is 2.29. The van der Waals surface area contributed by atoms with Crippen LogP contribution in [-0.2, 0) is 4.74 Å². The molecule has 0 saturated carbocycles. The minimum atomic E-state index is -2.82. The normalized spacial score (nSPS) is 23.5. The Morgan fingerprint density at radius 1 is 1.27 bits per heavy atom. The van der Waals surface area contributed by atoms with Gasteiger partial charge in [-0.15, -0.1) is 0 Å². The number of ether oxygens (including phenoxy) is 1. The maximum absolute atomic E-state index is 12.0. The summed E-state index contributed by atoms with van der Waals surface area (Å²) in [5.41, 5.74) is -0.477. The van der Waals surface area contributed by atoms with Crippen molar-refractivity contribution in [2.24, 2.45) is 5.92 Å². The summed E-state index contributed by atoms with van der Waals surface area (Å²) in [6, 6.07) is 0. The van der Waals surface area contributed by atoms with Crippen LogP contribution in [0, 0.1) is 5.92 Å². The molecule has 22 heavy (non-hydrogen) atoms. The Kier molecular flexibility index (Phi) is 5.09. The molecule has 0 aromatic rings. The monoisotopic (exact) mass is 330 g/mol. The van der Waals surface area contributed by atoms with Crippen LogP contribution in [-0.4, -0.2) is 49.6 Å². The van der Waals surface area contributed by atoms with Crippen LogP contribution in [0.4, 0.5) is 4.79 Å². The average molecular weight is 330 g/mol. The second-order valence-corrected chi connectivity index (χ2v) is 8.61. The number of hydrogen-bond acceptors (Lipinski definition) is 5. The zero-order chi connectivity index (χ0) is 16.4. The van der Waals surface area contributed by atoms with Gasteiger partial charge in [0.05, 0.1) is 0 Å². The van der Waals surface area contributed by atoms with Gasteiger partial charge in [-0.25, -0.2) is 4.79 Å². The summed E-state index contributed by atoms with van der Waals surface area (Å²) in [5.74, 6) is 0.334. The maximum Gasteiger partial charge on any atom is 0.410 e. The molecule has 2 heterocycles. The molecule has 1 amide bonds. The Hall–Kier alpha value is -1.18. The van der Waals surface area contributed by atoms with E-state index in [1.54, 1.807) is 27.6 Å². The van der Waals surface area contributed by atoms with Crippen molar-refractivity contribution in [3.63, 3.8) is 0 Å². The third kappa shape index (κ3) is 4.66. The molecule has 1 saturated heterocycles. The van der Waals surface area contributed by atoms with Crippen LogP contribution < -0.4 is 0 Å². The van der Waals surface area contributed by atoms with Crippen LogP contribution in [0.15, 0.2) is 23.8 Å². The van der Waals surface area contributed by atoms with Gasteiger partial charge < -0.3 is 9.64 Å². The Labute approximate surface area is 133 Å². The van der Waals surface area contributed by atoms with E-state index in [1.807, 2.05) is 20.8 Å². The number of piperidine rings is 1. The predicted molar refractivity (Wildman–Crippen MR) is 88.4 cm³/mol. The fourth-order valence-electron chi connectivity index (χ4n) is 2.51. The Balaban J connectivity index is 1.81. The summed E-state index contributed by atoms with van der Waals surface area (Å²) in [6.07, 6.45) is 6.57. The first-order valence-corrected chi connectivity index (χ1v) is 9.12. The Morgan fingerprint density at radius 3 is 2.45 bits per heavy atom. The fourth-order valence-corrected chi connectivity index (χ4v) is 3.65. The molecule has 0 aromatic heterocycles. The summed E-state index contributed by atoms with van der Waals surface area (Å²) in [5, 5.41) is 1.43. The lowest BCUT2D eigenvalue weighted by atomic mass is 9.97. The molecule has 7 heteroatoms. The summed E-state index contributed by atoms with van der Waals surface area (Å²) in [6.45, 7) is 7.46. The van der Waals surface area contributed by atoms with Crippen molar-refractivity contribution in [1.82, 2.24) is 9.21 Å². The van der Waals surface area contributed by atoms with Gasteiger partial charge in [0.15, 0.2) is 0 Å². The van der Waals surface area contributed by atoms with Gasteiger partial charge in [0.1, 0.15) is 5.60 Å². The number of allylic oxidation sites excluding steroid dienone is 2. The van der Waals surface area contributed by atoms with Crippen molar-refractivity contribution in [2.75, 3.05) is 19.6 Å². The fraction of sp³-hybridized carbons (Fsp3) is 0.667. The summed E-state index contributed by atoms with van der Waals surface area (Å²) >= 11 is 0. The first kappa shape index (κ1) is 17.2. The van der Waals surface area contributed by atoms with Crippen LogP contribution >= 0.6 is 10.8 Å². The second-order valence-electron chi connectivity index (χ2n) is 6.74. The molecule has 0 unspecified atom stereocenters. The molecule has 2 N–H and O–H groups in total. The van der Waals surface area contributed by atoms with E-state index in [2.05, 4.69) is 0 Å². The minimum absolute atomic E-state index is 0.268. The van der Waals surface area contributed by atoms with Gasteiger partial charge in [0.25, 0.3) is 0 Å². The van der Waals surface area contributed by atoms with E-state index in [-0.39, 0.29) is 6.09 Å². The number of likely N-dealkylation sites (tertiary alicyclic amines) is 1. The van der Waals surface area contributed by atoms with Crippen LogP contribution in [0.25, 0.3) is 0 Å². The SMILES string of the molecule is CC(C)(C)OC(=O)N1CCC(CN2C=CC=CS2(O)O)CC1. The van der Waals surface area contributed by atoms with Gasteiger partial charge in [-0.2, -0.15) is 0 Å². The minimum Gasteiger partial charge on any atom is -0.444 e. The number of amides is 1. The maximum atomic E-state index is 12.0. The molecule has 2 aliphatic rings. The highest BCUT2D eigenvalue weighted by atomic mass is 32.3. The molecule has 0 bridgehead atoms. The van der Waals surface area contributed by atoms with E-state index in [4.69, 9.17) is 4.74 Å². The van der Waals surface area contributed by atoms with Gasteiger partial charge >= 0.3 is 6.09 Å². The lowest BCUT2D eigenvalue weighted by molar-refractivity contribution is 0.0179. The number of carbonyl (C=O) groups is 1. The van der Waals surface area contributed by atoms with E-state index in [9.17, 15) is 13.9 Å². The predicted octanol–water partition coefficient (Wildman–Crippen LogP) is 3.64. The summed E-state index contributed by atoms with van der Waals surface area (Å²) in [4.78, 5) is 13.7. The smallest absolute Gasteiger partial charge is 0.410 e. The van der Waals surface area contributed by atoms with E-state index in [0.717, 1.165) is 12.8 Å². The van der Waals surface area contributed by atoms with Crippen molar-refractivity contribution < 1.29 is 18.6 Å². The Morgan fingerprint density at radius 2 is 1.91 bits per heavy atom. The lowest BCUT2D eigenvalue weighted by Crippen LogP contribution is -2.43. The molecule has 0 radical (unpaired) electrons. The molecular formula is C15H26N2O4S. The van der Waals surface area contributed by atoms with Gasteiger partial charge in [-0.05, 0) is 51.7 Å². The zero-order valence-corrected chi connectivity index (χ0v) is 14.3. The number of carbonyl (C=O) groups excluding carboxylic acids is 1. The van der Waals surface area contributed by atoms with Crippen molar-refractivity contribution >= 4 is 16.9 Å². The molecule has 2 aliphatic heterocycles. The van der Waals surface area contributed by atoms with Gasteiger partial charge in [-0.1, -0.05) is 10.8 Å². The van der Waals surface area contributed by atoms with Crippen LogP contribution in [0.5, 0.6) is 0 Å². The topological polar surface area (TPSA) is 73.2 Å². The molecule has 0 spiro atoms. The van der Waals surface area contributed by atoms with E-state index in [0.29, 0.717) is 25.6 Å². The van der Waals surface area contributed by atoms with Crippen molar-refractivity contribution in [3.05, 3.63) is 23.8 Å². The van der Waals surface area contributed by atoms with Crippen molar-refractivity contribution in [1.29, 1.82) is 0 Å². The largest absolute Gasteiger partial charge is 0.444 e. The average Bonchev–Trinajstić information content (AvgIpc) is 2.40. The number of nitrogens with zero attached hydrogens (tertiary/aromatic N) is 2. The summed E-state index contributed by atoms with van der Waals surface area (Å²) < 4.78 is 26.9. The molecule has 1 fully saturated rings. The first-order valence-electron chi connectivity index (χ1n) is 7.55. The van der Waals surface area contributed by atoms with Crippen LogP contribution in [0.1, 0.15) is 33.6 Å².